The fraction of sp³-hybridized carbons (Fsp3) is 0.250. The molecule has 0 amide bonds. The molecule has 0 saturated carbocycles. The van der Waals surface area contributed by atoms with Crippen LogP contribution in [0.1, 0.15) is 11.3 Å². The minimum Gasteiger partial charge on any atom is -0.469 e. The average molecular weight is 482 g/mol. The van der Waals surface area contributed by atoms with Crippen LogP contribution in [0.3, 0.4) is 0 Å². The topological polar surface area (TPSA) is 65.3 Å². The van der Waals surface area contributed by atoms with Gasteiger partial charge in [-0.1, -0.05) is 6.08 Å². The molecule has 0 bridgehead atoms. The van der Waals surface area contributed by atoms with Gasteiger partial charge in [-0.05, 0) is 42.3 Å². The van der Waals surface area contributed by atoms with Crippen molar-refractivity contribution in [3.05, 3.63) is 72.6 Å². The number of H-pyrrole nitrogens is 1. The normalized spacial score (nSPS) is 11.2. The molecule has 0 saturated heterocycles. The summed E-state index contributed by atoms with van der Waals surface area (Å²) in [6, 6.07) is 8.63. The Morgan fingerprint density at radius 2 is 2.15 bits per heavy atom. The predicted octanol–water partition coefficient (Wildman–Crippen LogP) is 4.02. The van der Waals surface area contributed by atoms with Crippen LogP contribution in [0.2, 0.25) is 0 Å². The number of aliphatic imine (C=N–C) groups is 1. The second kappa shape index (κ2) is 10.8. The van der Waals surface area contributed by atoms with Crippen molar-refractivity contribution < 1.29 is 8.81 Å². The number of guanidine groups is 1. The third-order valence-corrected chi connectivity index (χ3v) is 4.04. The van der Waals surface area contributed by atoms with Crippen LogP contribution >= 0.6 is 24.0 Å². The number of halogens is 2. The summed E-state index contributed by atoms with van der Waals surface area (Å²) in [5.74, 6) is 1.42. The van der Waals surface area contributed by atoms with E-state index in [0.717, 1.165) is 41.0 Å². The van der Waals surface area contributed by atoms with Gasteiger partial charge in [-0.2, -0.15) is 0 Å². The molecule has 0 radical (unpaired) electrons. The van der Waals surface area contributed by atoms with Crippen molar-refractivity contribution in [2.75, 3.05) is 19.6 Å². The number of nitrogens with one attached hydrogen (secondary N) is 3. The van der Waals surface area contributed by atoms with Gasteiger partial charge in [0.25, 0.3) is 0 Å². The van der Waals surface area contributed by atoms with Gasteiger partial charge in [0.05, 0.1) is 6.26 Å². The third-order valence-electron chi connectivity index (χ3n) is 4.04. The van der Waals surface area contributed by atoms with E-state index in [9.17, 15) is 4.39 Å². The van der Waals surface area contributed by atoms with E-state index in [1.165, 1.54) is 12.1 Å². The molecule has 2 aromatic heterocycles. The number of hydrogen-bond acceptors (Lipinski definition) is 2. The highest BCUT2D eigenvalue weighted by molar-refractivity contribution is 14.0. The minimum absolute atomic E-state index is 0. The van der Waals surface area contributed by atoms with Crippen LogP contribution in [-0.2, 0) is 12.8 Å². The van der Waals surface area contributed by atoms with Gasteiger partial charge >= 0.3 is 0 Å². The van der Waals surface area contributed by atoms with Crippen LogP contribution < -0.4 is 10.6 Å². The predicted molar refractivity (Wildman–Crippen MR) is 118 cm³/mol. The van der Waals surface area contributed by atoms with Crippen molar-refractivity contribution in [2.24, 2.45) is 4.99 Å². The average Bonchev–Trinajstić information content (AvgIpc) is 3.29. The first-order valence-electron chi connectivity index (χ1n) is 8.67. The summed E-state index contributed by atoms with van der Waals surface area (Å²) in [4.78, 5) is 7.67. The molecule has 0 aliphatic rings. The Morgan fingerprint density at radius 3 is 2.93 bits per heavy atom. The van der Waals surface area contributed by atoms with E-state index in [0.29, 0.717) is 19.6 Å². The Morgan fingerprint density at radius 1 is 1.26 bits per heavy atom. The van der Waals surface area contributed by atoms with E-state index in [2.05, 4.69) is 27.2 Å². The number of furan rings is 1. The van der Waals surface area contributed by atoms with E-state index in [-0.39, 0.29) is 29.8 Å². The summed E-state index contributed by atoms with van der Waals surface area (Å²) in [5.41, 5.74) is 1.96. The smallest absolute Gasteiger partial charge is 0.191 e. The molecule has 2 heterocycles. The standard InChI is InChI=1S/C20H23FN4O.HI/c1-2-9-22-20(24-11-8-17-4-3-12-26-17)23-10-7-15-14-25-19-13-16(21)5-6-18(15)19;/h2-6,12-14,25H,1,7-11H2,(H2,22,23,24);1H. The molecular weight excluding hydrogens is 458 g/mol. The molecule has 0 spiro atoms. The number of fused-ring (bicyclic) bond motifs is 1. The molecule has 3 rings (SSSR count). The number of nitrogens with zero attached hydrogens (tertiary/aromatic N) is 1. The fourth-order valence-electron chi connectivity index (χ4n) is 2.76. The SMILES string of the molecule is C=CCNC(=NCCc1ccco1)NCCc1c[nH]c2cc(F)ccc12.I. The monoisotopic (exact) mass is 482 g/mol. The maximum Gasteiger partial charge on any atom is 0.191 e. The van der Waals surface area contributed by atoms with Crippen LogP contribution in [0.15, 0.2) is 64.9 Å². The molecule has 0 fully saturated rings. The van der Waals surface area contributed by atoms with E-state index in [1.54, 1.807) is 12.3 Å². The summed E-state index contributed by atoms with van der Waals surface area (Å²) in [5, 5.41) is 7.57. The lowest BCUT2D eigenvalue weighted by Crippen LogP contribution is -2.38. The zero-order valence-electron chi connectivity index (χ0n) is 15.0. The first kappa shape index (κ1) is 21.0. The lowest BCUT2D eigenvalue weighted by atomic mass is 10.1. The second-order valence-corrected chi connectivity index (χ2v) is 5.91. The number of aromatic nitrogens is 1. The molecule has 144 valence electrons. The number of benzene rings is 1. The highest BCUT2D eigenvalue weighted by Gasteiger charge is 2.05. The third kappa shape index (κ3) is 6.13. The first-order chi connectivity index (χ1) is 12.8. The van der Waals surface area contributed by atoms with Crippen LogP contribution in [0.25, 0.3) is 10.9 Å². The van der Waals surface area contributed by atoms with Gasteiger partial charge in [-0.15, -0.1) is 30.6 Å². The molecule has 27 heavy (non-hydrogen) atoms. The number of rotatable bonds is 8. The van der Waals surface area contributed by atoms with Crippen molar-refractivity contribution in [2.45, 2.75) is 12.8 Å². The van der Waals surface area contributed by atoms with Crippen LogP contribution in [0.4, 0.5) is 4.39 Å². The van der Waals surface area contributed by atoms with E-state index >= 15 is 0 Å². The maximum absolute atomic E-state index is 13.3. The molecule has 0 atom stereocenters. The Balaban J connectivity index is 0.00000261. The first-order valence-corrected chi connectivity index (χ1v) is 8.67. The Labute approximate surface area is 175 Å². The van der Waals surface area contributed by atoms with Gasteiger partial charge in [0.1, 0.15) is 11.6 Å². The maximum atomic E-state index is 13.3. The Hall–Kier alpha value is -2.29. The van der Waals surface area contributed by atoms with Gasteiger partial charge in [0.2, 0.25) is 0 Å². The zero-order valence-corrected chi connectivity index (χ0v) is 17.3. The molecule has 1 aromatic carbocycles. The van der Waals surface area contributed by atoms with Crippen molar-refractivity contribution >= 4 is 40.8 Å². The van der Waals surface area contributed by atoms with Crippen molar-refractivity contribution in [3.63, 3.8) is 0 Å². The largest absolute Gasteiger partial charge is 0.469 e. The molecular formula is C20H24FIN4O. The van der Waals surface area contributed by atoms with Crippen molar-refractivity contribution in [3.8, 4) is 0 Å². The van der Waals surface area contributed by atoms with Gasteiger partial charge in [0.15, 0.2) is 5.96 Å². The Kier molecular flexibility index (Phi) is 8.38. The van der Waals surface area contributed by atoms with E-state index in [1.807, 2.05) is 24.4 Å². The quantitative estimate of drug-likeness (QED) is 0.197. The fourth-order valence-corrected chi connectivity index (χ4v) is 2.76. The second-order valence-electron chi connectivity index (χ2n) is 5.91. The summed E-state index contributed by atoms with van der Waals surface area (Å²) in [6.45, 7) is 5.71. The minimum atomic E-state index is -0.233. The lowest BCUT2D eigenvalue weighted by molar-refractivity contribution is 0.510. The van der Waals surface area contributed by atoms with Gasteiger partial charge in [-0.25, -0.2) is 4.39 Å². The molecule has 7 heteroatoms. The van der Waals surface area contributed by atoms with Crippen molar-refractivity contribution in [1.29, 1.82) is 0 Å². The summed E-state index contributed by atoms with van der Waals surface area (Å²) in [6.07, 6.45) is 6.94. The van der Waals surface area contributed by atoms with Gasteiger partial charge < -0.3 is 20.0 Å². The summed E-state index contributed by atoms with van der Waals surface area (Å²) in [7, 11) is 0. The molecule has 0 unspecified atom stereocenters. The summed E-state index contributed by atoms with van der Waals surface area (Å²) < 4.78 is 18.6. The van der Waals surface area contributed by atoms with Crippen LogP contribution in [0.5, 0.6) is 0 Å². The highest BCUT2D eigenvalue weighted by Crippen LogP contribution is 2.19. The number of aromatic amines is 1. The van der Waals surface area contributed by atoms with Crippen molar-refractivity contribution in [1.82, 2.24) is 15.6 Å². The van der Waals surface area contributed by atoms with Crippen LogP contribution in [-0.4, -0.2) is 30.6 Å². The van der Waals surface area contributed by atoms with Gasteiger partial charge in [0, 0.05) is 43.2 Å². The van der Waals surface area contributed by atoms with E-state index in [4.69, 9.17) is 4.42 Å². The zero-order chi connectivity index (χ0) is 18.2. The molecule has 3 aromatic rings. The van der Waals surface area contributed by atoms with E-state index < -0.39 is 0 Å². The highest BCUT2D eigenvalue weighted by atomic mass is 127. The molecule has 3 N–H and O–H groups in total. The lowest BCUT2D eigenvalue weighted by Gasteiger charge is -2.11. The molecule has 0 aliphatic carbocycles. The molecule has 5 nitrogen and oxygen atoms in total. The van der Waals surface area contributed by atoms with Gasteiger partial charge in [-0.3, -0.25) is 4.99 Å². The number of hydrogen-bond donors (Lipinski definition) is 3. The van der Waals surface area contributed by atoms with Crippen LogP contribution in [0, 0.1) is 5.82 Å². The molecule has 0 aliphatic heterocycles. The summed E-state index contributed by atoms with van der Waals surface area (Å²) >= 11 is 0. The Bertz CT molecular complexity index is 873.